The summed E-state index contributed by atoms with van der Waals surface area (Å²) in [4.78, 5) is 24.1. The fourth-order valence-corrected chi connectivity index (χ4v) is 3.44. The topological polar surface area (TPSA) is 51.1 Å². The normalized spacial score (nSPS) is 11.2. The van der Waals surface area contributed by atoms with Crippen LogP contribution in [-0.4, -0.2) is 22.7 Å². The molecule has 0 unspecified atom stereocenters. The summed E-state index contributed by atoms with van der Waals surface area (Å²) in [5.74, 6) is 0.0479. The Morgan fingerprint density at radius 2 is 1.74 bits per heavy atom. The Morgan fingerprint density at radius 3 is 2.39 bits per heavy atom. The molecule has 0 radical (unpaired) electrons. The van der Waals surface area contributed by atoms with Crippen LogP contribution in [0.5, 0.6) is 0 Å². The number of carbonyl (C=O) groups is 2. The Morgan fingerprint density at radius 1 is 1.03 bits per heavy atom. The number of carbonyl (C=O) groups excluding carboxylic acids is 2. The number of aromatic nitrogens is 1. The third-order valence-corrected chi connectivity index (χ3v) is 5.12. The second-order valence-corrected chi connectivity index (χ2v) is 7.62. The molecule has 0 fully saturated rings. The number of nitrogens with zero attached hydrogens (tertiary/aromatic N) is 1. The Bertz CT molecular complexity index is 1100. The fraction of sp³-hybridized carbons (Fsp3) is 0.154. The fourth-order valence-electron chi connectivity index (χ4n) is 3.31. The lowest BCUT2D eigenvalue weighted by molar-refractivity contribution is -0.117. The van der Waals surface area contributed by atoms with Crippen LogP contribution in [0.3, 0.4) is 0 Å². The van der Waals surface area contributed by atoms with Gasteiger partial charge in [0.1, 0.15) is 5.78 Å². The molecule has 0 saturated heterocycles. The van der Waals surface area contributed by atoms with E-state index in [-0.39, 0.29) is 11.6 Å². The summed E-state index contributed by atoms with van der Waals surface area (Å²) >= 11 is 6.03. The van der Waals surface area contributed by atoms with Crippen molar-refractivity contribution in [3.8, 4) is 11.3 Å². The predicted octanol–water partition coefficient (Wildman–Crippen LogP) is 6.09. The van der Waals surface area contributed by atoms with Crippen LogP contribution in [0.15, 0.2) is 79.4 Å². The van der Waals surface area contributed by atoms with Crippen molar-refractivity contribution in [2.75, 3.05) is 6.54 Å². The monoisotopic (exact) mass is 432 g/mol. The van der Waals surface area contributed by atoms with Crippen LogP contribution in [0, 0.1) is 0 Å². The number of rotatable bonds is 10. The standard InChI is InChI=1S/C26H25ClN2O2/c1-3-29-24(20-11-13-22(27)14-12-20)15-16-25(29)23(28-17-7-8-19(2)30)18-26(31)21-9-5-4-6-10-21/h3-6,9-16,18,28H,1,7-8,17H2,2H3/b23-18-. The second-order valence-electron chi connectivity index (χ2n) is 7.18. The van der Waals surface area contributed by atoms with Crippen LogP contribution < -0.4 is 5.32 Å². The Kier molecular flexibility index (Phi) is 7.63. The van der Waals surface area contributed by atoms with E-state index in [0.717, 1.165) is 17.0 Å². The third-order valence-electron chi connectivity index (χ3n) is 4.87. The lowest BCUT2D eigenvalue weighted by Gasteiger charge is -2.14. The van der Waals surface area contributed by atoms with Gasteiger partial charge in [-0.25, -0.2) is 0 Å². The van der Waals surface area contributed by atoms with E-state index in [0.29, 0.717) is 35.7 Å². The molecule has 0 aliphatic rings. The van der Waals surface area contributed by atoms with Crippen molar-refractivity contribution in [1.29, 1.82) is 0 Å². The van der Waals surface area contributed by atoms with Gasteiger partial charge in [0.2, 0.25) is 0 Å². The molecule has 1 aromatic heterocycles. The van der Waals surface area contributed by atoms with Crippen molar-refractivity contribution >= 4 is 35.1 Å². The van der Waals surface area contributed by atoms with E-state index >= 15 is 0 Å². The minimum Gasteiger partial charge on any atom is -0.383 e. The maximum atomic E-state index is 12.9. The average Bonchev–Trinajstić information content (AvgIpc) is 3.20. The number of benzene rings is 2. The highest BCUT2D eigenvalue weighted by Crippen LogP contribution is 2.27. The number of ketones is 2. The number of Topliss-reactive ketones (excluding diaryl/α,β-unsaturated/α-hetero) is 1. The smallest absolute Gasteiger partial charge is 0.187 e. The van der Waals surface area contributed by atoms with E-state index < -0.39 is 0 Å². The molecule has 3 rings (SSSR count). The Hall–Kier alpha value is -3.37. The number of hydrogen-bond donors (Lipinski definition) is 1. The summed E-state index contributed by atoms with van der Waals surface area (Å²) in [5, 5.41) is 4.01. The molecule has 1 heterocycles. The molecular weight excluding hydrogens is 408 g/mol. The highest BCUT2D eigenvalue weighted by Gasteiger charge is 2.14. The molecule has 0 spiro atoms. The second kappa shape index (κ2) is 10.6. The van der Waals surface area contributed by atoms with Gasteiger partial charge in [0.15, 0.2) is 5.78 Å². The van der Waals surface area contributed by atoms with E-state index in [1.54, 1.807) is 31.3 Å². The van der Waals surface area contributed by atoms with Crippen molar-refractivity contribution in [2.45, 2.75) is 19.8 Å². The van der Waals surface area contributed by atoms with Gasteiger partial charge in [-0.2, -0.15) is 0 Å². The summed E-state index contributed by atoms with van der Waals surface area (Å²) in [6.45, 7) is 6.11. The highest BCUT2D eigenvalue weighted by atomic mass is 35.5. The molecule has 5 heteroatoms. The van der Waals surface area contributed by atoms with Gasteiger partial charge in [0, 0.05) is 35.8 Å². The van der Waals surface area contributed by atoms with Crippen molar-refractivity contribution < 1.29 is 9.59 Å². The van der Waals surface area contributed by atoms with Crippen LogP contribution in [0.2, 0.25) is 5.02 Å². The molecule has 31 heavy (non-hydrogen) atoms. The predicted molar refractivity (Wildman–Crippen MR) is 128 cm³/mol. The van der Waals surface area contributed by atoms with Crippen LogP contribution in [0.25, 0.3) is 23.2 Å². The molecule has 0 bridgehead atoms. The van der Waals surface area contributed by atoms with E-state index in [1.165, 1.54) is 0 Å². The average molecular weight is 433 g/mol. The third kappa shape index (κ3) is 5.83. The van der Waals surface area contributed by atoms with E-state index in [2.05, 4.69) is 11.9 Å². The molecule has 0 aliphatic heterocycles. The molecule has 3 aromatic rings. The van der Waals surface area contributed by atoms with Crippen molar-refractivity contribution in [1.82, 2.24) is 9.88 Å². The lowest BCUT2D eigenvalue weighted by Crippen LogP contribution is -2.17. The molecule has 0 aliphatic carbocycles. The van der Waals surface area contributed by atoms with Gasteiger partial charge in [-0.15, -0.1) is 0 Å². The zero-order valence-corrected chi connectivity index (χ0v) is 18.2. The summed E-state index contributed by atoms with van der Waals surface area (Å²) in [6, 6.07) is 20.6. The zero-order chi connectivity index (χ0) is 22.2. The van der Waals surface area contributed by atoms with Gasteiger partial charge in [0.05, 0.1) is 17.1 Å². The first-order valence-corrected chi connectivity index (χ1v) is 10.5. The minimum atomic E-state index is -0.0977. The molecule has 158 valence electrons. The van der Waals surface area contributed by atoms with Crippen molar-refractivity contribution in [2.24, 2.45) is 0 Å². The maximum absolute atomic E-state index is 12.9. The minimum absolute atomic E-state index is 0.0977. The molecule has 4 nitrogen and oxygen atoms in total. The quantitative estimate of drug-likeness (QED) is 0.239. The molecule has 1 N–H and O–H groups in total. The summed E-state index contributed by atoms with van der Waals surface area (Å²) in [6.07, 6.45) is 4.50. The number of hydrogen-bond acceptors (Lipinski definition) is 3. The van der Waals surface area contributed by atoms with Gasteiger partial charge in [-0.05, 0) is 43.2 Å². The van der Waals surface area contributed by atoms with Gasteiger partial charge in [-0.3, -0.25) is 4.79 Å². The van der Waals surface area contributed by atoms with Gasteiger partial charge in [-0.1, -0.05) is 60.6 Å². The molecule has 0 saturated carbocycles. The molecule has 0 atom stereocenters. The van der Waals surface area contributed by atoms with Crippen LogP contribution >= 0.6 is 11.6 Å². The first kappa shape index (κ1) is 22.3. The van der Waals surface area contributed by atoms with Crippen LogP contribution in [0.4, 0.5) is 0 Å². The largest absolute Gasteiger partial charge is 0.383 e. The van der Waals surface area contributed by atoms with Crippen LogP contribution in [0.1, 0.15) is 35.8 Å². The molecule has 2 aromatic carbocycles. The first-order chi connectivity index (χ1) is 15.0. The van der Waals surface area contributed by atoms with Gasteiger partial charge in [0.25, 0.3) is 0 Å². The number of nitrogens with one attached hydrogen (secondary N) is 1. The van der Waals surface area contributed by atoms with E-state index in [9.17, 15) is 9.59 Å². The summed E-state index contributed by atoms with van der Waals surface area (Å²) in [7, 11) is 0. The Labute approximate surface area is 187 Å². The van der Waals surface area contributed by atoms with Crippen LogP contribution in [-0.2, 0) is 4.79 Å². The summed E-state index contributed by atoms with van der Waals surface area (Å²) < 4.78 is 1.94. The number of halogens is 1. The summed E-state index contributed by atoms with van der Waals surface area (Å²) in [5.41, 5.74) is 4.02. The van der Waals surface area contributed by atoms with Crippen molar-refractivity contribution in [3.63, 3.8) is 0 Å². The zero-order valence-electron chi connectivity index (χ0n) is 17.5. The van der Waals surface area contributed by atoms with Gasteiger partial charge < -0.3 is 14.7 Å². The van der Waals surface area contributed by atoms with E-state index in [1.807, 2.05) is 59.2 Å². The molecule has 0 amide bonds. The maximum Gasteiger partial charge on any atom is 0.187 e. The van der Waals surface area contributed by atoms with Gasteiger partial charge >= 0.3 is 0 Å². The highest BCUT2D eigenvalue weighted by molar-refractivity contribution is 6.30. The van der Waals surface area contributed by atoms with E-state index in [4.69, 9.17) is 11.6 Å². The van der Waals surface area contributed by atoms with Crippen molar-refractivity contribution in [3.05, 3.63) is 95.7 Å². The SMILES string of the molecule is C=Cn1c(/C(=C/C(=O)c2ccccc2)NCCCC(C)=O)ccc1-c1ccc(Cl)cc1. The molecular formula is C26H25ClN2O2. The first-order valence-electron chi connectivity index (χ1n) is 10.1. The number of allylic oxidation sites excluding steroid dienone is 1. The Balaban J connectivity index is 1.97. The lowest BCUT2D eigenvalue weighted by atomic mass is 10.1.